The highest BCUT2D eigenvalue weighted by Crippen LogP contribution is 2.51. The van der Waals surface area contributed by atoms with Gasteiger partial charge >= 0.3 is 0 Å². The van der Waals surface area contributed by atoms with Crippen molar-refractivity contribution in [1.29, 1.82) is 0 Å². The molecular weight excluding hydrogens is 574 g/mol. The summed E-state index contributed by atoms with van der Waals surface area (Å²) in [5.74, 6) is 0.726. The highest BCUT2D eigenvalue weighted by atomic mass is 16.3. The van der Waals surface area contributed by atoms with Crippen LogP contribution in [0.1, 0.15) is 25.0 Å². The van der Waals surface area contributed by atoms with E-state index in [1.165, 1.54) is 27.5 Å². The third-order valence-electron chi connectivity index (χ3n) is 10.00. The lowest BCUT2D eigenvalue weighted by Gasteiger charge is -2.23. The monoisotopic (exact) mass is 603 g/mol. The standard InChI is InChI=1S/C43H29N3O/c1-43(2)34-17-9-6-16-33(34)39-37(43)38(26-12-4-3-5-13-26)44-42(45-39)27-20-22-28(23-21-27)46-35-18-10-7-14-29(35)31-24-25-32-30-15-8-11-19-36(30)47-41(32)40(31)46/h3-25H,1-2H3. The smallest absolute Gasteiger partial charge is 0.160 e. The summed E-state index contributed by atoms with van der Waals surface area (Å²) < 4.78 is 8.88. The van der Waals surface area contributed by atoms with Crippen LogP contribution in [0.15, 0.2) is 144 Å². The first-order valence-electron chi connectivity index (χ1n) is 16.1. The molecule has 47 heavy (non-hydrogen) atoms. The minimum absolute atomic E-state index is 0.210. The summed E-state index contributed by atoms with van der Waals surface area (Å²) in [6, 6.07) is 49.1. The van der Waals surface area contributed by atoms with E-state index in [1.54, 1.807) is 0 Å². The lowest BCUT2D eigenvalue weighted by atomic mass is 9.81. The van der Waals surface area contributed by atoms with E-state index in [0.717, 1.165) is 67.0 Å². The molecule has 0 atom stereocenters. The Bertz CT molecular complexity index is 2700. The molecule has 0 aliphatic heterocycles. The number of para-hydroxylation sites is 2. The van der Waals surface area contributed by atoms with Crippen molar-refractivity contribution < 1.29 is 4.42 Å². The van der Waals surface area contributed by atoms with Crippen molar-refractivity contribution in [2.45, 2.75) is 19.3 Å². The first kappa shape index (κ1) is 26.2. The number of rotatable bonds is 3. The summed E-state index contributed by atoms with van der Waals surface area (Å²) in [7, 11) is 0. The highest BCUT2D eigenvalue weighted by Gasteiger charge is 2.39. The number of fused-ring (bicyclic) bond motifs is 10. The first-order valence-corrected chi connectivity index (χ1v) is 16.1. The van der Waals surface area contributed by atoms with Crippen LogP contribution in [0.2, 0.25) is 0 Å². The third kappa shape index (κ3) is 3.64. The van der Waals surface area contributed by atoms with Crippen LogP contribution in [-0.2, 0) is 5.41 Å². The van der Waals surface area contributed by atoms with E-state index in [0.29, 0.717) is 0 Å². The minimum Gasteiger partial charge on any atom is -0.454 e. The average Bonchev–Trinajstić information content (AvgIpc) is 3.74. The zero-order valence-corrected chi connectivity index (χ0v) is 26.0. The fourth-order valence-electron chi connectivity index (χ4n) is 7.81. The fourth-order valence-corrected chi connectivity index (χ4v) is 7.81. The van der Waals surface area contributed by atoms with Crippen LogP contribution in [0.25, 0.3) is 83.3 Å². The van der Waals surface area contributed by atoms with Gasteiger partial charge in [0.15, 0.2) is 11.4 Å². The predicted molar refractivity (Wildman–Crippen MR) is 192 cm³/mol. The zero-order valence-electron chi connectivity index (χ0n) is 26.0. The predicted octanol–water partition coefficient (Wildman–Crippen LogP) is 11.1. The van der Waals surface area contributed by atoms with Gasteiger partial charge in [-0.3, -0.25) is 0 Å². The summed E-state index contributed by atoms with van der Waals surface area (Å²) >= 11 is 0. The Morgan fingerprint density at radius 1 is 0.553 bits per heavy atom. The molecule has 0 fully saturated rings. The van der Waals surface area contributed by atoms with E-state index >= 15 is 0 Å². The van der Waals surface area contributed by atoms with Gasteiger partial charge < -0.3 is 8.98 Å². The van der Waals surface area contributed by atoms with Gasteiger partial charge in [-0.1, -0.05) is 111 Å². The van der Waals surface area contributed by atoms with E-state index in [1.807, 2.05) is 12.1 Å². The van der Waals surface area contributed by atoms with Gasteiger partial charge in [-0.05, 0) is 48.0 Å². The van der Waals surface area contributed by atoms with Crippen LogP contribution < -0.4 is 0 Å². The van der Waals surface area contributed by atoms with Gasteiger partial charge in [0.05, 0.1) is 22.4 Å². The van der Waals surface area contributed by atoms with Gasteiger partial charge in [-0.2, -0.15) is 0 Å². The Kier molecular flexibility index (Phi) is 5.31. The number of aromatic nitrogens is 3. The molecule has 0 amide bonds. The minimum atomic E-state index is -0.210. The van der Waals surface area contributed by atoms with Gasteiger partial charge in [0.2, 0.25) is 0 Å². The maximum absolute atomic E-state index is 6.55. The Hall–Kier alpha value is -6.00. The van der Waals surface area contributed by atoms with Gasteiger partial charge in [-0.15, -0.1) is 0 Å². The SMILES string of the molecule is CC1(C)c2ccccc2-c2nc(-c3ccc(-n4c5ccccc5c5ccc6c7ccccc7oc6c54)cc3)nc(-c3ccccc3)c21. The Labute approximate surface area is 271 Å². The number of nitrogens with zero attached hydrogens (tertiary/aromatic N) is 3. The molecule has 10 rings (SSSR count). The maximum Gasteiger partial charge on any atom is 0.160 e. The van der Waals surface area contributed by atoms with E-state index in [-0.39, 0.29) is 5.41 Å². The summed E-state index contributed by atoms with van der Waals surface area (Å²) in [6.45, 7) is 4.57. The summed E-state index contributed by atoms with van der Waals surface area (Å²) in [5, 5.41) is 4.62. The molecule has 0 unspecified atom stereocenters. The molecule has 6 aromatic carbocycles. The second-order valence-electron chi connectivity index (χ2n) is 13.0. The first-order chi connectivity index (χ1) is 23.1. The molecule has 3 heterocycles. The number of furan rings is 1. The van der Waals surface area contributed by atoms with E-state index < -0.39 is 0 Å². The van der Waals surface area contributed by atoms with Crippen LogP contribution in [0.3, 0.4) is 0 Å². The molecule has 1 aliphatic carbocycles. The molecular formula is C43H29N3O. The molecule has 0 saturated heterocycles. The van der Waals surface area contributed by atoms with Gasteiger partial charge in [0.25, 0.3) is 0 Å². The van der Waals surface area contributed by atoms with Crippen molar-refractivity contribution in [1.82, 2.24) is 14.5 Å². The molecule has 1 aliphatic rings. The molecule has 0 spiro atoms. The average molecular weight is 604 g/mol. The molecule has 0 N–H and O–H groups in total. The molecule has 3 aromatic heterocycles. The highest BCUT2D eigenvalue weighted by molar-refractivity contribution is 6.21. The number of hydrogen-bond donors (Lipinski definition) is 0. The van der Waals surface area contributed by atoms with Crippen LogP contribution in [-0.4, -0.2) is 14.5 Å². The van der Waals surface area contributed by atoms with Crippen LogP contribution >= 0.6 is 0 Å². The van der Waals surface area contributed by atoms with E-state index in [4.69, 9.17) is 14.4 Å². The topological polar surface area (TPSA) is 43.9 Å². The van der Waals surface area contributed by atoms with Gasteiger partial charge in [0, 0.05) is 54.9 Å². The zero-order chi connectivity index (χ0) is 31.3. The number of hydrogen-bond acceptors (Lipinski definition) is 3. The van der Waals surface area contributed by atoms with Gasteiger partial charge in [0.1, 0.15) is 5.58 Å². The van der Waals surface area contributed by atoms with Crippen molar-refractivity contribution in [2.75, 3.05) is 0 Å². The molecule has 0 radical (unpaired) electrons. The lowest BCUT2D eigenvalue weighted by Crippen LogP contribution is -2.17. The van der Waals surface area contributed by atoms with Gasteiger partial charge in [-0.25, -0.2) is 9.97 Å². The van der Waals surface area contributed by atoms with Crippen molar-refractivity contribution in [2.24, 2.45) is 0 Å². The van der Waals surface area contributed by atoms with Crippen LogP contribution in [0, 0.1) is 0 Å². The van der Waals surface area contributed by atoms with E-state index in [2.05, 4.69) is 146 Å². The maximum atomic E-state index is 6.55. The summed E-state index contributed by atoms with van der Waals surface area (Å²) in [4.78, 5) is 10.6. The molecule has 4 heteroatoms. The summed E-state index contributed by atoms with van der Waals surface area (Å²) in [5.41, 5.74) is 12.6. The lowest BCUT2D eigenvalue weighted by molar-refractivity contribution is 0.658. The molecule has 0 bridgehead atoms. The molecule has 4 nitrogen and oxygen atoms in total. The van der Waals surface area contributed by atoms with Crippen molar-refractivity contribution >= 4 is 43.7 Å². The Morgan fingerprint density at radius 2 is 1.23 bits per heavy atom. The Balaban J connectivity index is 1.19. The summed E-state index contributed by atoms with van der Waals surface area (Å²) in [6.07, 6.45) is 0. The third-order valence-corrected chi connectivity index (χ3v) is 10.00. The Morgan fingerprint density at radius 3 is 2.09 bits per heavy atom. The normalized spacial score (nSPS) is 13.5. The van der Waals surface area contributed by atoms with Crippen molar-refractivity contribution in [3.8, 4) is 39.6 Å². The molecule has 9 aromatic rings. The van der Waals surface area contributed by atoms with Crippen LogP contribution in [0.5, 0.6) is 0 Å². The molecule has 0 saturated carbocycles. The number of benzene rings is 6. The molecule has 222 valence electrons. The van der Waals surface area contributed by atoms with Crippen molar-refractivity contribution in [3.05, 3.63) is 151 Å². The second kappa shape index (κ2) is 9.51. The quantitative estimate of drug-likeness (QED) is 0.202. The van der Waals surface area contributed by atoms with Crippen molar-refractivity contribution in [3.63, 3.8) is 0 Å². The fraction of sp³-hybridized carbons (Fsp3) is 0.0698. The largest absolute Gasteiger partial charge is 0.454 e. The second-order valence-corrected chi connectivity index (χ2v) is 13.0. The van der Waals surface area contributed by atoms with Crippen LogP contribution in [0.4, 0.5) is 0 Å². The van der Waals surface area contributed by atoms with E-state index in [9.17, 15) is 0 Å².